The molecule has 0 aromatic carbocycles. The van der Waals surface area contributed by atoms with Crippen LogP contribution in [0.5, 0.6) is 0 Å². The van der Waals surface area contributed by atoms with Crippen LogP contribution in [0, 0.1) is 0 Å². The SMILES string of the molecule is CCCCCCCCCCCC(O)OCCO. The highest BCUT2D eigenvalue weighted by molar-refractivity contribution is 4.49. The number of hydrogen-bond acceptors (Lipinski definition) is 3. The van der Waals surface area contributed by atoms with E-state index >= 15 is 0 Å². The Kier molecular flexibility index (Phi) is 13.8. The number of aliphatic hydroxyl groups excluding tert-OH is 2. The predicted octanol–water partition coefficient (Wildman–Crippen LogP) is 3.23. The van der Waals surface area contributed by atoms with Gasteiger partial charge >= 0.3 is 0 Å². The summed E-state index contributed by atoms with van der Waals surface area (Å²) in [5.74, 6) is 0. The summed E-state index contributed by atoms with van der Waals surface area (Å²) in [6.07, 6.45) is 11.6. The molecule has 1 unspecified atom stereocenters. The molecule has 0 aliphatic heterocycles. The first-order valence-corrected chi connectivity index (χ1v) is 7.21. The van der Waals surface area contributed by atoms with E-state index in [1.165, 1.54) is 51.4 Å². The maximum Gasteiger partial charge on any atom is 0.154 e. The average Bonchev–Trinajstić information content (AvgIpc) is 2.34. The lowest BCUT2D eigenvalue weighted by Gasteiger charge is -2.10. The van der Waals surface area contributed by atoms with Gasteiger partial charge in [0.05, 0.1) is 13.2 Å². The Morgan fingerprint density at radius 3 is 1.94 bits per heavy atom. The van der Waals surface area contributed by atoms with Gasteiger partial charge in [-0.1, -0.05) is 58.3 Å². The number of rotatable bonds is 13. The van der Waals surface area contributed by atoms with Crippen LogP contribution in [0.3, 0.4) is 0 Å². The zero-order valence-corrected chi connectivity index (χ0v) is 11.4. The molecule has 0 radical (unpaired) electrons. The molecular formula is C14H30O3. The van der Waals surface area contributed by atoms with E-state index in [0.717, 1.165) is 6.42 Å². The van der Waals surface area contributed by atoms with Crippen molar-refractivity contribution in [1.29, 1.82) is 0 Å². The Bertz CT molecular complexity index is 139. The molecule has 2 N–H and O–H groups in total. The van der Waals surface area contributed by atoms with Crippen LogP contribution < -0.4 is 0 Å². The average molecular weight is 246 g/mol. The molecular weight excluding hydrogens is 216 g/mol. The van der Waals surface area contributed by atoms with E-state index in [1.807, 2.05) is 0 Å². The molecule has 0 fully saturated rings. The maximum absolute atomic E-state index is 9.35. The van der Waals surface area contributed by atoms with Crippen LogP contribution in [-0.2, 0) is 4.74 Å². The number of hydrogen-bond donors (Lipinski definition) is 2. The van der Waals surface area contributed by atoms with Gasteiger partial charge in [0, 0.05) is 0 Å². The highest BCUT2D eigenvalue weighted by atomic mass is 16.6. The lowest BCUT2D eigenvalue weighted by atomic mass is 10.1. The molecule has 0 saturated heterocycles. The Hall–Kier alpha value is -0.120. The monoisotopic (exact) mass is 246 g/mol. The van der Waals surface area contributed by atoms with Gasteiger partial charge in [-0.15, -0.1) is 0 Å². The molecule has 0 rings (SSSR count). The van der Waals surface area contributed by atoms with Crippen LogP contribution >= 0.6 is 0 Å². The third-order valence-corrected chi connectivity index (χ3v) is 2.96. The molecule has 3 nitrogen and oxygen atoms in total. The summed E-state index contributed by atoms with van der Waals surface area (Å²) in [5, 5.41) is 17.9. The molecule has 0 aromatic heterocycles. The van der Waals surface area contributed by atoms with Gasteiger partial charge in [0.2, 0.25) is 0 Å². The van der Waals surface area contributed by atoms with Crippen LogP contribution in [0.1, 0.15) is 71.1 Å². The van der Waals surface area contributed by atoms with Gasteiger partial charge < -0.3 is 14.9 Å². The number of ether oxygens (including phenoxy) is 1. The number of unbranched alkanes of at least 4 members (excludes halogenated alkanes) is 8. The van der Waals surface area contributed by atoms with Crippen LogP contribution in [0.2, 0.25) is 0 Å². The Morgan fingerprint density at radius 1 is 0.882 bits per heavy atom. The second kappa shape index (κ2) is 13.9. The molecule has 0 aliphatic rings. The molecule has 1 atom stereocenters. The van der Waals surface area contributed by atoms with E-state index in [1.54, 1.807) is 0 Å². The van der Waals surface area contributed by atoms with Crippen LogP contribution in [0.4, 0.5) is 0 Å². The van der Waals surface area contributed by atoms with Crippen molar-refractivity contribution >= 4 is 0 Å². The van der Waals surface area contributed by atoms with Crippen molar-refractivity contribution < 1.29 is 14.9 Å². The molecule has 0 spiro atoms. The van der Waals surface area contributed by atoms with Gasteiger partial charge in [-0.25, -0.2) is 0 Å². The van der Waals surface area contributed by atoms with Gasteiger partial charge in [0.15, 0.2) is 6.29 Å². The minimum absolute atomic E-state index is 0.0190. The molecule has 0 aromatic rings. The van der Waals surface area contributed by atoms with E-state index in [-0.39, 0.29) is 13.2 Å². The molecule has 0 heterocycles. The van der Waals surface area contributed by atoms with Crippen molar-refractivity contribution in [3.05, 3.63) is 0 Å². The molecule has 0 bridgehead atoms. The first-order chi connectivity index (χ1) is 8.31. The lowest BCUT2D eigenvalue weighted by molar-refractivity contribution is -0.111. The largest absolute Gasteiger partial charge is 0.394 e. The van der Waals surface area contributed by atoms with Crippen molar-refractivity contribution in [2.75, 3.05) is 13.2 Å². The minimum Gasteiger partial charge on any atom is -0.394 e. The maximum atomic E-state index is 9.35. The van der Waals surface area contributed by atoms with E-state index < -0.39 is 6.29 Å². The summed E-state index contributed by atoms with van der Waals surface area (Å²) in [6, 6.07) is 0. The zero-order chi connectivity index (χ0) is 12.8. The number of aliphatic hydroxyl groups is 2. The summed E-state index contributed by atoms with van der Waals surface area (Å²) in [7, 11) is 0. The van der Waals surface area contributed by atoms with Crippen LogP contribution in [0.15, 0.2) is 0 Å². The van der Waals surface area contributed by atoms with Crippen molar-refractivity contribution in [3.8, 4) is 0 Å². The van der Waals surface area contributed by atoms with Crippen molar-refractivity contribution in [2.24, 2.45) is 0 Å². The lowest BCUT2D eigenvalue weighted by Crippen LogP contribution is -2.14. The Balaban J connectivity index is 3.02. The fourth-order valence-electron chi connectivity index (χ4n) is 1.90. The van der Waals surface area contributed by atoms with Crippen LogP contribution in [-0.4, -0.2) is 29.7 Å². The Labute approximate surface area is 106 Å². The smallest absolute Gasteiger partial charge is 0.154 e. The standard InChI is InChI=1S/C14H30O3/c1-2-3-4-5-6-7-8-9-10-11-14(16)17-13-12-15/h14-16H,2-13H2,1H3. The molecule has 104 valence electrons. The second-order valence-corrected chi connectivity index (χ2v) is 4.67. The first kappa shape index (κ1) is 16.9. The summed E-state index contributed by atoms with van der Waals surface area (Å²) in [4.78, 5) is 0. The quantitative estimate of drug-likeness (QED) is 0.387. The van der Waals surface area contributed by atoms with Gasteiger partial charge in [-0.2, -0.15) is 0 Å². The van der Waals surface area contributed by atoms with Crippen molar-refractivity contribution in [2.45, 2.75) is 77.4 Å². The molecule has 17 heavy (non-hydrogen) atoms. The third-order valence-electron chi connectivity index (χ3n) is 2.96. The van der Waals surface area contributed by atoms with Crippen molar-refractivity contribution in [1.82, 2.24) is 0 Å². The minimum atomic E-state index is -0.688. The molecule has 0 saturated carbocycles. The van der Waals surface area contributed by atoms with Crippen LogP contribution in [0.25, 0.3) is 0 Å². The van der Waals surface area contributed by atoms with E-state index in [4.69, 9.17) is 9.84 Å². The van der Waals surface area contributed by atoms with E-state index in [2.05, 4.69) is 6.92 Å². The molecule has 0 aliphatic carbocycles. The fourth-order valence-corrected chi connectivity index (χ4v) is 1.90. The topological polar surface area (TPSA) is 49.7 Å². The summed E-state index contributed by atoms with van der Waals surface area (Å²) in [5.41, 5.74) is 0. The molecule has 3 heteroatoms. The van der Waals surface area contributed by atoms with Crippen molar-refractivity contribution in [3.63, 3.8) is 0 Å². The predicted molar refractivity (Wildman–Crippen MR) is 70.9 cm³/mol. The first-order valence-electron chi connectivity index (χ1n) is 7.21. The second-order valence-electron chi connectivity index (χ2n) is 4.67. The summed E-state index contributed by atoms with van der Waals surface area (Å²) >= 11 is 0. The van der Waals surface area contributed by atoms with Gasteiger partial charge in [-0.05, 0) is 12.8 Å². The summed E-state index contributed by atoms with van der Waals surface area (Å²) < 4.78 is 4.97. The van der Waals surface area contributed by atoms with E-state index in [9.17, 15) is 5.11 Å². The van der Waals surface area contributed by atoms with Gasteiger partial charge in [0.25, 0.3) is 0 Å². The summed E-state index contributed by atoms with van der Waals surface area (Å²) in [6.45, 7) is 2.46. The van der Waals surface area contributed by atoms with Gasteiger partial charge in [-0.3, -0.25) is 0 Å². The van der Waals surface area contributed by atoms with Gasteiger partial charge in [0.1, 0.15) is 0 Å². The fraction of sp³-hybridized carbons (Fsp3) is 1.00. The normalized spacial score (nSPS) is 12.9. The van der Waals surface area contributed by atoms with E-state index in [0.29, 0.717) is 6.42 Å². The Morgan fingerprint density at radius 2 is 1.41 bits per heavy atom. The molecule has 0 amide bonds. The highest BCUT2D eigenvalue weighted by Gasteiger charge is 2.02. The highest BCUT2D eigenvalue weighted by Crippen LogP contribution is 2.11. The third kappa shape index (κ3) is 13.8. The zero-order valence-electron chi connectivity index (χ0n) is 11.4.